The highest BCUT2D eigenvalue weighted by Crippen LogP contribution is 2.42. The lowest BCUT2D eigenvalue weighted by atomic mass is 9.97. The van der Waals surface area contributed by atoms with E-state index in [0.29, 0.717) is 16.3 Å². The lowest BCUT2D eigenvalue weighted by molar-refractivity contribution is -0.142. The number of halogens is 1. The van der Waals surface area contributed by atoms with E-state index in [4.69, 9.17) is 16.0 Å². The van der Waals surface area contributed by atoms with Crippen LogP contribution in [-0.4, -0.2) is 45.7 Å². The molecule has 2 saturated heterocycles. The van der Waals surface area contributed by atoms with E-state index in [1.807, 2.05) is 18.2 Å². The summed E-state index contributed by atoms with van der Waals surface area (Å²) in [4.78, 5) is 30.4. The Morgan fingerprint density at radius 2 is 1.76 bits per heavy atom. The smallest absolute Gasteiger partial charge is 0.296 e. The summed E-state index contributed by atoms with van der Waals surface area (Å²) in [7, 11) is 0. The molecule has 2 aromatic carbocycles. The van der Waals surface area contributed by atoms with E-state index in [2.05, 4.69) is 17.0 Å². The van der Waals surface area contributed by atoms with Crippen LogP contribution >= 0.6 is 11.6 Å². The molecule has 0 saturated carbocycles. The Hall–Kier alpha value is -3.35. The van der Waals surface area contributed by atoms with Gasteiger partial charge < -0.3 is 14.4 Å². The molecule has 34 heavy (non-hydrogen) atoms. The summed E-state index contributed by atoms with van der Waals surface area (Å²) >= 11 is 6.10. The van der Waals surface area contributed by atoms with Crippen molar-refractivity contribution in [2.45, 2.75) is 31.5 Å². The molecule has 0 bridgehead atoms. The fourth-order valence-electron chi connectivity index (χ4n) is 4.94. The second-order valence-electron chi connectivity index (χ2n) is 8.73. The summed E-state index contributed by atoms with van der Waals surface area (Å²) in [5, 5.41) is 11.5. The standard InChI is InChI=1S/C27H25ClN2O4/c28-20-9-4-8-19(16-20)25(31)23-24(22-10-5-15-34-22)30(27(33)26(23)32)21-11-13-29(14-12-21)17-18-6-2-1-3-7-18/h1-10,15-16,21,24,31H,11-14,17H2/b25-23-. The van der Waals surface area contributed by atoms with Gasteiger partial charge in [-0.3, -0.25) is 14.5 Å². The zero-order valence-electron chi connectivity index (χ0n) is 18.6. The highest BCUT2D eigenvalue weighted by Gasteiger charge is 2.50. The Bertz CT molecular complexity index is 1210. The summed E-state index contributed by atoms with van der Waals surface area (Å²) < 4.78 is 5.65. The van der Waals surface area contributed by atoms with Gasteiger partial charge in [0.15, 0.2) is 0 Å². The highest BCUT2D eigenvalue weighted by atomic mass is 35.5. The topological polar surface area (TPSA) is 74.0 Å². The molecule has 2 aliphatic rings. The van der Waals surface area contributed by atoms with Crippen LogP contribution < -0.4 is 0 Å². The third-order valence-electron chi connectivity index (χ3n) is 6.59. The molecular formula is C27H25ClN2O4. The predicted octanol–water partition coefficient (Wildman–Crippen LogP) is 5.02. The Labute approximate surface area is 203 Å². The molecule has 1 atom stereocenters. The minimum absolute atomic E-state index is 0.0360. The average molecular weight is 477 g/mol. The van der Waals surface area contributed by atoms with Gasteiger partial charge in [0.1, 0.15) is 17.6 Å². The van der Waals surface area contributed by atoms with Crippen LogP contribution in [0.4, 0.5) is 0 Å². The molecule has 2 aliphatic heterocycles. The van der Waals surface area contributed by atoms with Crippen LogP contribution in [0.1, 0.15) is 35.8 Å². The largest absolute Gasteiger partial charge is 0.507 e. The minimum atomic E-state index is -0.778. The first kappa shape index (κ1) is 22.4. The lowest BCUT2D eigenvalue weighted by Gasteiger charge is -2.38. The van der Waals surface area contributed by atoms with Gasteiger partial charge >= 0.3 is 0 Å². The van der Waals surface area contributed by atoms with Crippen molar-refractivity contribution < 1.29 is 19.1 Å². The molecule has 7 heteroatoms. The molecule has 174 valence electrons. The van der Waals surface area contributed by atoms with Gasteiger partial charge in [0, 0.05) is 36.3 Å². The third-order valence-corrected chi connectivity index (χ3v) is 6.83. The van der Waals surface area contributed by atoms with Crippen molar-refractivity contribution in [3.63, 3.8) is 0 Å². The second kappa shape index (κ2) is 9.49. The first-order chi connectivity index (χ1) is 16.5. The molecule has 1 N–H and O–H groups in total. The average Bonchev–Trinajstić information content (AvgIpc) is 3.47. The molecule has 1 amide bonds. The summed E-state index contributed by atoms with van der Waals surface area (Å²) in [6, 6.07) is 19.4. The normalized spacial score (nSPS) is 21.3. The zero-order chi connectivity index (χ0) is 23.7. The fourth-order valence-corrected chi connectivity index (χ4v) is 5.13. The van der Waals surface area contributed by atoms with Crippen LogP contribution in [0.2, 0.25) is 5.02 Å². The maximum Gasteiger partial charge on any atom is 0.296 e. The van der Waals surface area contributed by atoms with Crippen molar-refractivity contribution in [2.24, 2.45) is 0 Å². The van der Waals surface area contributed by atoms with Gasteiger partial charge in [0.05, 0.1) is 11.8 Å². The predicted molar refractivity (Wildman–Crippen MR) is 129 cm³/mol. The first-order valence-corrected chi connectivity index (χ1v) is 11.8. The number of carbonyl (C=O) groups is 2. The van der Waals surface area contributed by atoms with Gasteiger partial charge in [-0.15, -0.1) is 0 Å². The quantitative estimate of drug-likeness (QED) is 0.318. The Morgan fingerprint density at radius 3 is 2.44 bits per heavy atom. The number of rotatable bonds is 5. The monoisotopic (exact) mass is 476 g/mol. The number of ketones is 1. The number of carbonyl (C=O) groups excluding carboxylic acids is 2. The highest BCUT2D eigenvalue weighted by molar-refractivity contribution is 6.46. The van der Waals surface area contributed by atoms with Crippen LogP contribution in [0.25, 0.3) is 5.76 Å². The maximum atomic E-state index is 13.2. The van der Waals surface area contributed by atoms with Crippen LogP contribution in [0.15, 0.2) is 83.0 Å². The van der Waals surface area contributed by atoms with Gasteiger partial charge in [0.25, 0.3) is 11.7 Å². The van der Waals surface area contributed by atoms with E-state index < -0.39 is 17.7 Å². The van der Waals surface area contributed by atoms with Crippen molar-refractivity contribution in [3.05, 3.63) is 100 Å². The van der Waals surface area contributed by atoms with Crippen molar-refractivity contribution in [3.8, 4) is 0 Å². The number of aliphatic hydroxyl groups excluding tert-OH is 1. The molecule has 1 aromatic heterocycles. The number of Topliss-reactive ketones (excluding diaryl/α,β-unsaturated/α-hetero) is 1. The third kappa shape index (κ3) is 4.27. The number of amides is 1. The number of hydrogen-bond acceptors (Lipinski definition) is 5. The Morgan fingerprint density at radius 1 is 1.00 bits per heavy atom. The van der Waals surface area contributed by atoms with Crippen molar-refractivity contribution in [2.75, 3.05) is 13.1 Å². The number of likely N-dealkylation sites (tertiary alicyclic amines) is 2. The number of aliphatic hydroxyl groups is 1. The lowest BCUT2D eigenvalue weighted by Crippen LogP contribution is -2.46. The summed E-state index contributed by atoms with van der Waals surface area (Å²) in [6.45, 7) is 2.46. The SMILES string of the molecule is O=C1C(=O)N(C2CCN(Cc3ccccc3)CC2)C(c2ccco2)/C1=C(/O)c1cccc(Cl)c1. The van der Waals surface area contributed by atoms with Crippen LogP contribution in [0, 0.1) is 0 Å². The number of furan rings is 1. The van der Waals surface area contributed by atoms with Crippen LogP contribution in [-0.2, 0) is 16.1 Å². The number of piperidine rings is 1. The number of nitrogens with zero attached hydrogens (tertiary/aromatic N) is 2. The van der Waals surface area contributed by atoms with Crippen molar-refractivity contribution in [1.82, 2.24) is 9.80 Å². The Balaban J connectivity index is 1.44. The summed E-state index contributed by atoms with van der Waals surface area (Å²) in [5.41, 5.74) is 1.67. The summed E-state index contributed by atoms with van der Waals surface area (Å²) in [6.07, 6.45) is 2.97. The molecule has 0 aliphatic carbocycles. The van der Waals surface area contributed by atoms with Gasteiger partial charge in [-0.05, 0) is 42.7 Å². The molecule has 3 aromatic rings. The van der Waals surface area contributed by atoms with E-state index in [1.165, 1.54) is 11.8 Å². The van der Waals surface area contributed by atoms with E-state index in [0.717, 1.165) is 32.5 Å². The first-order valence-electron chi connectivity index (χ1n) is 11.4. The molecule has 5 rings (SSSR count). The minimum Gasteiger partial charge on any atom is -0.507 e. The molecule has 6 nitrogen and oxygen atoms in total. The van der Waals surface area contributed by atoms with Gasteiger partial charge in [0.2, 0.25) is 0 Å². The van der Waals surface area contributed by atoms with E-state index in [1.54, 1.807) is 41.3 Å². The van der Waals surface area contributed by atoms with Gasteiger partial charge in [-0.2, -0.15) is 0 Å². The molecule has 0 spiro atoms. The van der Waals surface area contributed by atoms with Crippen LogP contribution in [0.3, 0.4) is 0 Å². The molecule has 3 heterocycles. The Kier molecular flexibility index (Phi) is 6.26. The van der Waals surface area contributed by atoms with Crippen LogP contribution in [0.5, 0.6) is 0 Å². The second-order valence-corrected chi connectivity index (χ2v) is 9.16. The fraction of sp³-hybridized carbons (Fsp3) is 0.259. The zero-order valence-corrected chi connectivity index (χ0v) is 19.3. The van der Waals surface area contributed by atoms with E-state index in [9.17, 15) is 14.7 Å². The van der Waals surface area contributed by atoms with E-state index >= 15 is 0 Å². The molecule has 1 unspecified atom stereocenters. The van der Waals surface area contributed by atoms with Crippen molar-refractivity contribution in [1.29, 1.82) is 0 Å². The number of benzene rings is 2. The molecule has 2 fully saturated rings. The van der Waals surface area contributed by atoms with Gasteiger partial charge in [-0.1, -0.05) is 54.1 Å². The van der Waals surface area contributed by atoms with Gasteiger partial charge in [-0.25, -0.2) is 0 Å². The molecule has 0 radical (unpaired) electrons. The summed E-state index contributed by atoms with van der Waals surface area (Å²) in [5.74, 6) is -1.10. The maximum absolute atomic E-state index is 13.2. The number of hydrogen-bond donors (Lipinski definition) is 1. The molecular weight excluding hydrogens is 452 g/mol. The van der Waals surface area contributed by atoms with Crippen molar-refractivity contribution >= 4 is 29.1 Å². The van der Waals surface area contributed by atoms with E-state index in [-0.39, 0.29) is 17.4 Å².